The van der Waals surface area contributed by atoms with Crippen molar-refractivity contribution >= 4 is 0 Å². The molecule has 2 saturated heterocycles. The van der Waals surface area contributed by atoms with Gasteiger partial charge in [0.1, 0.15) is 35.6 Å². The number of aliphatic hydroxyl groups excluding tert-OH is 5. The fourth-order valence-electron chi connectivity index (χ4n) is 4.78. The Balaban J connectivity index is 1.72. The SMILES string of the molecule is C[C@H](O)/C=C/[C@]12O[C@]1(C)C[C@@H](O[C@@H]1O[C@H](CO)[C@@H](O)[C@H](O)[C@H]1O)CC2(C)C. The van der Waals surface area contributed by atoms with Crippen LogP contribution in [0.4, 0.5) is 0 Å². The second kappa shape index (κ2) is 7.03. The first-order valence-corrected chi connectivity index (χ1v) is 9.50. The third kappa shape index (κ3) is 3.47. The average Bonchev–Trinajstić information content (AvgIpc) is 3.20. The molecule has 5 N–H and O–H groups in total. The van der Waals surface area contributed by atoms with Crippen LogP contribution < -0.4 is 0 Å². The van der Waals surface area contributed by atoms with Crippen molar-refractivity contribution in [3.05, 3.63) is 12.2 Å². The van der Waals surface area contributed by atoms with Crippen LogP contribution in [0.1, 0.15) is 40.5 Å². The van der Waals surface area contributed by atoms with Gasteiger partial charge in [-0.3, -0.25) is 0 Å². The van der Waals surface area contributed by atoms with Gasteiger partial charge in [-0.25, -0.2) is 0 Å². The largest absolute Gasteiger partial charge is 0.394 e. The van der Waals surface area contributed by atoms with Gasteiger partial charge in [-0.2, -0.15) is 0 Å². The maximum Gasteiger partial charge on any atom is 0.186 e. The number of epoxide rings is 1. The van der Waals surface area contributed by atoms with Gasteiger partial charge in [-0.05, 0) is 20.3 Å². The summed E-state index contributed by atoms with van der Waals surface area (Å²) in [7, 11) is 0. The van der Waals surface area contributed by atoms with Crippen LogP contribution in [0.5, 0.6) is 0 Å². The third-order valence-corrected chi connectivity index (χ3v) is 6.28. The fraction of sp³-hybridized carbons (Fsp3) is 0.895. The molecule has 0 radical (unpaired) electrons. The molecule has 3 aliphatic rings. The van der Waals surface area contributed by atoms with Crippen molar-refractivity contribution in [3.8, 4) is 0 Å². The van der Waals surface area contributed by atoms with E-state index >= 15 is 0 Å². The normalized spacial score (nSPS) is 50.4. The lowest BCUT2D eigenvalue weighted by Gasteiger charge is -2.44. The highest BCUT2D eigenvalue weighted by molar-refractivity contribution is 5.32. The molecule has 3 rings (SSSR count). The number of fused-ring (bicyclic) bond motifs is 1. The summed E-state index contributed by atoms with van der Waals surface area (Å²) in [6.45, 7) is 7.31. The summed E-state index contributed by atoms with van der Waals surface area (Å²) in [5.74, 6) is 0. The highest BCUT2D eigenvalue weighted by Gasteiger charge is 2.75. The van der Waals surface area contributed by atoms with Crippen LogP contribution >= 0.6 is 0 Å². The fourth-order valence-corrected chi connectivity index (χ4v) is 4.78. The van der Waals surface area contributed by atoms with Gasteiger partial charge < -0.3 is 39.7 Å². The molecule has 3 fully saturated rings. The Bertz CT molecular complexity index is 576. The van der Waals surface area contributed by atoms with Crippen LogP contribution in [0.3, 0.4) is 0 Å². The first-order chi connectivity index (χ1) is 12.5. The molecule has 1 saturated carbocycles. The molecule has 0 amide bonds. The molecule has 0 spiro atoms. The van der Waals surface area contributed by atoms with E-state index in [2.05, 4.69) is 13.8 Å². The van der Waals surface area contributed by atoms with Crippen molar-refractivity contribution in [1.29, 1.82) is 0 Å². The van der Waals surface area contributed by atoms with E-state index < -0.39 is 54.6 Å². The van der Waals surface area contributed by atoms with Gasteiger partial charge >= 0.3 is 0 Å². The van der Waals surface area contributed by atoms with E-state index in [-0.39, 0.29) is 11.5 Å². The molecule has 0 aromatic heterocycles. The molecule has 0 unspecified atom stereocenters. The molecule has 8 heteroatoms. The topological polar surface area (TPSA) is 132 Å². The highest BCUT2D eigenvalue weighted by atomic mass is 16.7. The van der Waals surface area contributed by atoms with Crippen molar-refractivity contribution in [3.63, 3.8) is 0 Å². The Morgan fingerprint density at radius 1 is 1.11 bits per heavy atom. The van der Waals surface area contributed by atoms with Gasteiger partial charge in [0.25, 0.3) is 0 Å². The zero-order valence-corrected chi connectivity index (χ0v) is 16.3. The standard InChI is InChI=1S/C19H32O8/c1-10(21)5-6-19-17(2,3)7-11(8-18(19,4)27-19)25-16-15(24)14(23)13(22)12(9-20)26-16/h5-6,10-16,20-24H,7-9H2,1-4H3/b6-5+/t10-,11-,12+,13+,14-,15+,16+,18+,19+/m0/s1. The number of ether oxygens (including phenoxy) is 3. The zero-order chi connectivity index (χ0) is 20.2. The molecule has 1 aliphatic carbocycles. The lowest BCUT2D eigenvalue weighted by molar-refractivity contribution is -0.315. The highest BCUT2D eigenvalue weighted by Crippen LogP contribution is 2.66. The summed E-state index contributed by atoms with van der Waals surface area (Å²) in [5, 5.41) is 49.0. The van der Waals surface area contributed by atoms with Crippen molar-refractivity contribution in [2.24, 2.45) is 5.41 Å². The first kappa shape index (κ1) is 21.1. The van der Waals surface area contributed by atoms with Crippen LogP contribution in [-0.4, -0.2) is 86.3 Å². The minimum atomic E-state index is -1.46. The van der Waals surface area contributed by atoms with Crippen molar-refractivity contribution in [1.82, 2.24) is 0 Å². The van der Waals surface area contributed by atoms with Crippen LogP contribution in [0.25, 0.3) is 0 Å². The molecule has 8 nitrogen and oxygen atoms in total. The second-order valence-electron chi connectivity index (χ2n) is 8.92. The van der Waals surface area contributed by atoms with E-state index in [1.165, 1.54) is 0 Å². The Morgan fingerprint density at radius 2 is 1.78 bits per heavy atom. The van der Waals surface area contributed by atoms with Gasteiger partial charge in [0.15, 0.2) is 6.29 Å². The van der Waals surface area contributed by atoms with E-state index in [4.69, 9.17) is 14.2 Å². The predicted molar refractivity (Wildman–Crippen MR) is 94.7 cm³/mol. The summed E-state index contributed by atoms with van der Waals surface area (Å²) >= 11 is 0. The van der Waals surface area contributed by atoms with Crippen LogP contribution in [0.2, 0.25) is 0 Å². The minimum absolute atomic E-state index is 0.301. The monoisotopic (exact) mass is 388 g/mol. The van der Waals surface area contributed by atoms with Crippen LogP contribution in [0.15, 0.2) is 12.2 Å². The first-order valence-electron chi connectivity index (χ1n) is 9.50. The summed E-state index contributed by atoms with van der Waals surface area (Å²) < 4.78 is 17.6. The number of rotatable bonds is 5. The Kier molecular flexibility index (Phi) is 5.51. The molecule has 0 aromatic rings. The molecule has 0 bridgehead atoms. The van der Waals surface area contributed by atoms with E-state index in [1.54, 1.807) is 13.0 Å². The van der Waals surface area contributed by atoms with Crippen LogP contribution in [0, 0.1) is 5.41 Å². The molecule has 2 heterocycles. The number of hydrogen-bond acceptors (Lipinski definition) is 8. The summed E-state index contributed by atoms with van der Waals surface area (Å²) in [6, 6.07) is 0. The van der Waals surface area contributed by atoms with Gasteiger partial charge in [-0.1, -0.05) is 26.0 Å². The van der Waals surface area contributed by atoms with Gasteiger partial charge in [0.05, 0.1) is 18.8 Å². The van der Waals surface area contributed by atoms with Gasteiger partial charge in [-0.15, -0.1) is 0 Å². The van der Waals surface area contributed by atoms with Gasteiger partial charge in [0.2, 0.25) is 0 Å². The second-order valence-corrected chi connectivity index (χ2v) is 8.92. The molecule has 156 valence electrons. The third-order valence-electron chi connectivity index (χ3n) is 6.28. The number of hydrogen-bond donors (Lipinski definition) is 5. The summed E-state index contributed by atoms with van der Waals surface area (Å²) in [5.41, 5.74) is -1.27. The van der Waals surface area contributed by atoms with Crippen molar-refractivity contribution in [2.45, 2.75) is 94.7 Å². The zero-order valence-electron chi connectivity index (χ0n) is 16.3. The van der Waals surface area contributed by atoms with Crippen molar-refractivity contribution in [2.75, 3.05) is 6.61 Å². The summed E-state index contributed by atoms with van der Waals surface area (Å²) in [6.07, 6.45) is -2.47. The quantitative estimate of drug-likeness (QED) is 0.313. The van der Waals surface area contributed by atoms with E-state index in [9.17, 15) is 25.5 Å². The molecule has 9 atom stereocenters. The molecular formula is C19H32O8. The molecule has 0 aromatic carbocycles. The average molecular weight is 388 g/mol. The molecule has 2 aliphatic heterocycles. The maximum absolute atomic E-state index is 10.2. The summed E-state index contributed by atoms with van der Waals surface area (Å²) in [4.78, 5) is 0. The van der Waals surface area contributed by atoms with E-state index in [0.29, 0.717) is 12.8 Å². The number of aliphatic hydroxyl groups is 5. The lowest BCUT2D eigenvalue weighted by Crippen LogP contribution is -2.60. The molecule has 27 heavy (non-hydrogen) atoms. The Labute approximate surface area is 159 Å². The Hall–Kier alpha value is -0.580. The van der Waals surface area contributed by atoms with E-state index in [1.807, 2.05) is 13.0 Å². The minimum Gasteiger partial charge on any atom is -0.394 e. The van der Waals surface area contributed by atoms with Crippen molar-refractivity contribution < 1.29 is 39.7 Å². The smallest absolute Gasteiger partial charge is 0.186 e. The predicted octanol–water partition coefficient (Wildman–Crippen LogP) is -0.544. The Morgan fingerprint density at radius 3 is 2.33 bits per heavy atom. The maximum atomic E-state index is 10.2. The van der Waals surface area contributed by atoms with Gasteiger partial charge in [0, 0.05) is 11.8 Å². The van der Waals surface area contributed by atoms with E-state index in [0.717, 1.165) is 0 Å². The molecular weight excluding hydrogens is 356 g/mol. The van der Waals surface area contributed by atoms with Crippen LogP contribution in [-0.2, 0) is 14.2 Å². The lowest BCUT2D eigenvalue weighted by atomic mass is 9.63.